The van der Waals surface area contributed by atoms with Crippen LogP contribution >= 0.6 is 15.9 Å². The lowest BCUT2D eigenvalue weighted by molar-refractivity contribution is 0.0696. The zero-order valence-electron chi connectivity index (χ0n) is 10.6. The molecule has 0 radical (unpaired) electrons. The Morgan fingerprint density at radius 2 is 2.22 bits per heavy atom. The number of hydrogen-bond donors (Lipinski definition) is 1. The van der Waals surface area contributed by atoms with Crippen LogP contribution in [-0.2, 0) is 0 Å². The highest BCUT2D eigenvalue weighted by atomic mass is 79.9. The van der Waals surface area contributed by atoms with Crippen LogP contribution in [0.1, 0.15) is 31.1 Å². The number of halogens is 1. The molecule has 1 aliphatic heterocycles. The van der Waals surface area contributed by atoms with Gasteiger partial charge in [-0.05, 0) is 48.8 Å². The van der Waals surface area contributed by atoms with Crippen LogP contribution in [0.4, 0.5) is 5.69 Å². The highest BCUT2D eigenvalue weighted by molar-refractivity contribution is 9.10. The van der Waals surface area contributed by atoms with Crippen molar-refractivity contribution in [1.29, 1.82) is 0 Å². The summed E-state index contributed by atoms with van der Waals surface area (Å²) < 4.78 is 6.51. The maximum Gasteiger partial charge on any atom is 0.335 e. The molecule has 1 unspecified atom stereocenters. The number of carboxylic acids is 1. The van der Waals surface area contributed by atoms with Crippen LogP contribution in [0.15, 0.2) is 16.6 Å². The first kappa shape index (κ1) is 13.2. The number of anilines is 1. The lowest BCUT2D eigenvalue weighted by Crippen LogP contribution is -2.42. The van der Waals surface area contributed by atoms with Crippen molar-refractivity contribution in [2.24, 2.45) is 0 Å². The van der Waals surface area contributed by atoms with Gasteiger partial charge >= 0.3 is 5.97 Å². The van der Waals surface area contributed by atoms with Crippen LogP contribution in [0.5, 0.6) is 5.75 Å². The number of carbonyl (C=O) groups is 1. The van der Waals surface area contributed by atoms with E-state index in [4.69, 9.17) is 9.84 Å². The molecule has 1 heterocycles. The van der Waals surface area contributed by atoms with E-state index in [1.807, 2.05) is 6.92 Å². The second kappa shape index (κ2) is 4.80. The van der Waals surface area contributed by atoms with Crippen molar-refractivity contribution in [3.8, 4) is 5.75 Å². The molecule has 1 atom stereocenters. The predicted octanol–water partition coefficient (Wildman–Crippen LogP) is 3.14. The number of carboxylic acid groups (broad SMARTS) is 1. The summed E-state index contributed by atoms with van der Waals surface area (Å²) in [6.07, 6.45) is 0.0517. The van der Waals surface area contributed by atoms with Crippen molar-refractivity contribution in [1.82, 2.24) is 0 Å². The van der Waals surface area contributed by atoms with E-state index in [9.17, 15) is 4.79 Å². The predicted molar refractivity (Wildman–Crippen MR) is 73.7 cm³/mol. The molecule has 0 aromatic heterocycles. The van der Waals surface area contributed by atoms with E-state index in [1.165, 1.54) is 0 Å². The number of benzene rings is 1. The van der Waals surface area contributed by atoms with Gasteiger partial charge in [0.25, 0.3) is 0 Å². The zero-order valence-corrected chi connectivity index (χ0v) is 12.2. The molecular formula is C13H16BrNO3. The Balaban J connectivity index is 2.55. The van der Waals surface area contributed by atoms with E-state index in [-0.39, 0.29) is 11.7 Å². The molecule has 1 aromatic carbocycles. The van der Waals surface area contributed by atoms with Gasteiger partial charge in [-0.1, -0.05) is 0 Å². The Labute approximate surface area is 115 Å². The fraction of sp³-hybridized carbons (Fsp3) is 0.462. The standard InChI is InChI=1S/C13H16BrNO3/c1-7(2)15-6-8(3)18-11-5-9(13(16)17)4-10(14)12(11)15/h4-5,7-8H,6H2,1-3H3,(H,16,17). The van der Waals surface area contributed by atoms with Crippen molar-refractivity contribution in [2.45, 2.75) is 32.9 Å². The van der Waals surface area contributed by atoms with E-state index in [1.54, 1.807) is 12.1 Å². The zero-order chi connectivity index (χ0) is 13.4. The molecule has 4 nitrogen and oxygen atoms in total. The number of hydrogen-bond acceptors (Lipinski definition) is 3. The summed E-state index contributed by atoms with van der Waals surface area (Å²) in [5.74, 6) is -0.314. The summed E-state index contributed by atoms with van der Waals surface area (Å²) >= 11 is 3.44. The molecule has 0 saturated carbocycles. The van der Waals surface area contributed by atoms with Gasteiger partial charge in [0.1, 0.15) is 11.9 Å². The average molecular weight is 314 g/mol. The topological polar surface area (TPSA) is 49.8 Å². The van der Waals surface area contributed by atoms with E-state index < -0.39 is 5.97 Å². The van der Waals surface area contributed by atoms with Crippen LogP contribution < -0.4 is 9.64 Å². The third kappa shape index (κ3) is 2.32. The molecule has 1 N–H and O–H groups in total. The molecule has 5 heteroatoms. The largest absolute Gasteiger partial charge is 0.487 e. The first-order chi connectivity index (χ1) is 8.40. The quantitative estimate of drug-likeness (QED) is 0.911. The van der Waals surface area contributed by atoms with Crippen LogP contribution in [0, 0.1) is 0 Å². The molecule has 0 amide bonds. The fourth-order valence-electron chi connectivity index (χ4n) is 2.16. The Hall–Kier alpha value is -1.23. The molecule has 0 bridgehead atoms. The lowest BCUT2D eigenvalue weighted by Gasteiger charge is -2.38. The third-order valence-corrected chi connectivity index (χ3v) is 3.57. The van der Waals surface area contributed by atoms with Crippen molar-refractivity contribution in [3.63, 3.8) is 0 Å². The minimum Gasteiger partial charge on any atom is -0.487 e. The number of nitrogens with zero attached hydrogens (tertiary/aromatic N) is 1. The number of ether oxygens (including phenoxy) is 1. The van der Waals surface area contributed by atoms with Crippen molar-refractivity contribution in [3.05, 3.63) is 22.2 Å². The summed E-state index contributed by atoms with van der Waals surface area (Å²) in [5, 5.41) is 9.06. The van der Waals surface area contributed by atoms with Gasteiger partial charge < -0.3 is 14.7 Å². The van der Waals surface area contributed by atoms with Gasteiger partial charge in [0.15, 0.2) is 0 Å². The minimum atomic E-state index is -0.948. The normalized spacial score (nSPS) is 18.5. The molecule has 0 spiro atoms. The van der Waals surface area contributed by atoms with E-state index in [2.05, 4.69) is 34.7 Å². The maximum absolute atomic E-state index is 11.0. The van der Waals surface area contributed by atoms with Crippen LogP contribution in [0.3, 0.4) is 0 Å². The monoisotopic (exact) mass is 313 g/mol. The summed E-state index contributed by atoms with van der Waals surface area (Å²) in [5.41, 5.74) is 1.17. The van der Waals surface area contributed by atoms with Gasteiger partial charge in [0.05, 0.1) is 17.8 Å². The molecular weight excluding hydrogens is 298 g/mol. The average Bonchev–Trinajstić information content (AvgIpc) is 2.26. The fourth-order valence-corrected chi connectivity index (χ4v) is 2.83. The molecule has 98 valence electrons. The van der Waals surface area contributed by atoms with Gasteiger partial charge in [-0.25, -0.2) is 4.79 Å². The van der Waals surface area contributed by atoms with E-state index in [0.29, 0.717) is 11.8 Å². The molecule has 1 aliphatic rings. The van der Waals surface area contributed by atoms with Crippen molar-refractivity contribution in [2.75, 3.05) is 11.4 Å². The molecule has 0 saturated heterocycles. The van der Waals surface area contributed by atoms with Crippen LogP contribution in [-0.4, -0.2) is 29.8 Å². The molecule has 1 aromatic rings. The van der Waals surface area contributed by atoms with Crippen molar-refractivity contribution >= 4 is 27.6 Å². The Kier molecular flexibility index (Phi) is 3.52. The third-order valence-electron chi connectivity index (χ3n) is 2.97. The SMILES string of the molecule is CC1CN(C(C)C)c2c(Br)cc(C(=O)O)cc2O1. The number of aromatic carboxylic acids is 1. The summed E-state index contributed by atoms with van der Waals surface area (Å²) in [6, 6.07) is 3.55. The van der Waals surface area contributed by atoms with Gasteiger partial charge in [0.2, 0.25) is 0 Å². The number of fused-ring (bicyclic) bond motifs is 1. The summed E-state index contributed by atoms with van der Waals surface area (Å²) in [6.45, 7) is 7.01. The summed E-state index contributed by atoms with van der Waals surface area (Å²) in [7, 11) is 0. The Bertz CT molecular complexity index is 487. The molecule has 0 aliphatic carbocycles. The first-order valence-electron chi connectivity index (χ1n) is 5.90. The first-order valence-corrected chi connectivity index (χ1v) is 6.69. The molecule has 18 heavy (non-hydrogen) atoms. The smallest absolute Gasteiger partial charge is 0.335 e. The van der Waals surface area contributed by atoms with Gasteiger partial charge in [0, 0.05) is 10.5 Å². The molecule has 2 rings (SSSR count). The Morgan fingerprint density at radius 3 is 2.78 bits per heavy atom. The summed E-state index contributed by atoms with van der Waals surface area (Å²) in [4.78, 5) is 13.3. The van der Waals surface area contributed by atoms with Gasteiger partial charge in [-0.3, -0.25) is 0 Å². The van der Waals surface area contributed by atoms with E-state index >= 15 is 0 Å². The second-order valence-electron chi connectivity index (χ2n) is 4.78. The van der Waals surface area contributed by atoms with Gasteiger partial charge in [-0.2, -0.15) is 0 Å². The minimum absolute atomic E-state index is 0.0517. The highest BCUT2D eigenvalue weighted by Gasteiger charge is 2.28. The van der Waals surface area contributed by atoms with Crippen LogP contribution in [0.25, 0.3) is 0 Å². The number of rotatable bonds is 2. The van der Waals surface area contributed by atoms with Crippen molar-refractivity contribution < 1.29 is 14.6 Å². The Morgan fingerprint density at radius 1 is 1.56 bits per heavy atom. The molecule has 0 fully saturated rings. The maximum atomic E-state index is 11.0. The lowest BCUT2D eigenvalue weighted by atomic mass is 10.1. The van der Waals surface area contributed by atoms with Gasteiger partial charge in [-0.15, -0.1) is 0 Å². The van der Waals surface area contributed by atoms with Crippen LogP contribution in [0.2, 0.25) is 0 Å². The highest BCUT2D eigenvalue weighted by Crippen LogP contribution is 2.41. The second-order valence-corrected chi connectivity index (χ2v) is 5.64. The van der Waals surface area contributed by atoms with E-state index in [0.717, 1.165) is 16.7 Å².